The van der Waals surface area contributed by atoms with Crippen molar-refractivity contribution in [2.24, 2.45) is 0 Å². The number of fused-ring (bicyclic) bond motifs is 1. The van der Waals surface area contributed by atoms with Crippen LogP contribution in [0.5, 0.6) is 0 Å². The lowest BCUT2D eigenvalue weighted by Crippen LogP contribution is -1.88. The first-order valence-corrected chi connectivity index (χ1v) is 6.13. The summed E-state index contributed by atoms with van der Waals surface area (Å²) in [6, 6.07) is 4.25. The average Bonchev–Trinajstić information content (AvgIpc) is 2.48. The Labute approximate surface area is 95.1 Å². The minimum absolute atomic E-state index is 0.890. The van der Waals surface area contributed by atoms with Gasteiger partial charge in [0.15, 0.2) is 0 Å². The van der Waals surface area contributed by atoms with E-state index >= 15 is 0 Å². The molecule has 0 radical (unpaired) electrons. The highest BCUT2D eigenvalue weighted by atomic mass is 127. The topological polar surface area (TPSA) is 26.0 Å². The summed E-state index contributed by atoms with van der Waals surface area (Å²) in [4.78, 5) is 0. The summed E-state index contributed by atoms with van der Waals surface area (Å²) in [5.41, 5.74) is 8.16. The summed E-state index contributed by atoms with van der Waals surface area (Å²) in [6.07, 6.45) is 1.08. The van der Waals surface area contributed by atoms with Crippen LogP contribution in [0.15, 0.2) is 17.5 Å². The second-order valence-electron chi connectivity index (χ2n) is 2.98. The fourth-order valence-electron chi connectivity index (χ4n) is 1.39. The number of nitrogen functional groups attached to an aromatic ring is 1. The normalized spacial score (nSPS) is 10.9. The number of aryl methyl sites for hydroxylation is 1. The molecule has 13 heavy (non-hydrogen) atoms. The molecule has 0 aliphatic carbocycles. The van der Waals surface area contributed by atoms with Crippen molar-refractivity contribution in [3.63, 3.8) is 0 Å². The van der Waals surface area contributed by atoms with Gasteiger partial charge in [0.2, 0.25) is 0 Å². The van der Waals surface area contributed by atoms with E-state index in [1.165, 1.54) is 15.6 Å². The van der Waals surface area contributed by atoms with E-state index in [4.69, 9.17) is 5.73 Å². The molecular formula is C10H10INS. The van der Waals surface area contributed by atoms with Crippen LogP contribution in [-0.4, -0.2) is 0 Å². The van der Waals surface area contributed by atoms with Crippen LogP contribution in [0.4, 0.5) is 5.69 Å². The first-order valence-electron chi connectivity index (χ1n) is 4.17. The summed E-state index contributed by atoms with van der Waals surface area (Å²) in [6.45, 7) is 2.18. The van der Waals surface area contributed by atoms with Crippen LogP contribution in [-0.2, 0) is 6.42 Å². The maximum absolute atomic E-state index is 5.87. The summed E-state index contributed by atoms with van der Waals surface area (Å²) in [7, 11) is 0. The van der Waals surface area contributed by atoms with Crippen LogP contribution < -0.4 is 5.73 Å². The molecule has 0 bridgehead atoms. The highest BCUT2D eigenvalue weighted by Crippen LogP contribution is 2.30. The third-order valence-electron chi connectivity index (χ3n) is 2.15. The van der Waals surface area contributed by atoms with Crippen molar-refractivity contribution < 1.29 is 0 Å². The molecule has 1 nitrogen and oxygen atoms in total. The fourth-order valence-corrected chi connectivity index (χ4v) is 3.14. The molecule has 1 aromatic carbocycles. The molecule has 1 aromatic heterocycles. The Hall–Kier alpha value is -0.290. The highest BCUT2D eigenvalue weighted by molar-refractivity contribution is 14.1. The predicted octanol–water partition coefficient (Wildman–Crippen LogP) is 3.65. The van der Waals surface area contributed by atoms with E-state index in [0.29, 0.717) is 0 Å². The molecule has 0 saturated carbocycles. The maximum Gasteiger partial charge on any atom is 0.0456 e. The Morgan fingerprint density at radius 2 is 2.23 bits per heavy atom. The van der Waals surface area contributed by atoms with Crippen molar-refractivity contribution in [1.29, 1.82) is 0 Å². The molecule has 0 atom stereocenters. The SMILES string of the molecule is CCc1csc2cc(I)c(N)cc12. The van der Waals surface area contributed by atoms with Crippen LogP contribution in [0, 0.1) is 3.57 Å². The van der Waals surface area contributed by atoms with Gasteiger partial charge in [-0.3, -0.25) is 0 Å². The largest absolute Gasteiger partial charge is 0.398 e. The lowest BCUT2D eigenvalue weighted by atomic mass is 10.1. The molecule has 0 fully saturated rings. The third-order valence-corrected chi connectivity index (χ3v) is 4.08. The summed E-state index contributed by atoms with van der Waals surface area (Å²) >= 11 is 4.08. The average molecular weight is 303 g/mol. The van der Waals surface area contributed by atoms with E-state index in [2.05, 4.69) is 47.0 Å². The smallest absolute Gasteiger partial charge is 0.0456 e. The molecule has 0 aliphatic heterocycles. The van der Waals surface area contributed by atoms with Crippen LogP contribution in [0.25, 0.3) is 10.1 Å². The molecule has 0 saturated heterocycles. The van der Waals surface area contributed by atoms with Crippen molar-refractivity contribution in [2.75, 3.05) is 5.73 Å². The monoisotopic (exact) mass is 303 g/mol. The second kappa shape index (κ2) is 3.46. The van der Waals surface area contributed by atoms with Gasteiger partial charge in [0.05, 0.1) is 0 Å². The first kappa shape index (κ1) is 9.27. The molecule has 0 spiro atoms. The Morgan fingerprint density at radius 3 is 2.92 bits per heavy atom. The number of rotatable bonds is 1. The van der Waals surface area contributed by atoms with E-state index in [9.17, 15) is 0 Å². The van der Waals surface area contributed by atoms with Gasteiger partial charge in [0.1, 0.15) is 0 Å². The minimum atomic E-state index is 0.890. The number of anilines is 1. The van der Waals surface area contributed by atoms with Gasteiger partial charge in [0.25, 0.3) is 0 Å². The molecule has 1 heterocycles. The molecule has 68 valence electrons. The summed E-state index contributed by atoms with van der Waals surface area (Å²) in [5, 5.41) is 3.55. The number of hydrogen-bond acceptors (Lipinski definition) is 2. The standard InChI is InChI=1S/C10H10INS/c1-2-6-5-13-10-4-8(11)9(12)3-7(6)10/h3-5H,2,12H2,1H3. The van der Waals surface area contributed by atoms with E-state index in [1.807, 2.05) is 0 Å². The lowest BCUT2D eigenvalue weighted by molar-refractivity contribution is 1.17. The van der Waals surface area contributed by atoms with Crippen LogP contribution in [0.3, 0.4) is 0 Å². The second-order valence-corrected chi connectivity index (χ2v) is 5.06. The number of hydrogen-bond donors (Lipinski definition) is 1. The predicted molar refractivity (Wildman–Crippen MR) is 68.3 cm³/mol. The maximum atomic E-state index is 5.87. The molecule has 2 N–H and O–H groups in total. The molecular weight excluding hydrogens is 293 g/mol. The highest BCUT2D eigenvalue weighted by Gasteiger charge is 2.04. The zero-order chi connectivity index (χ0) is 9.42. The van der Waals surface area contributed by atoms with Crippen LogP contribution in [0.2, 0.25) is 0 Å². The summed E-state index contributed by atoms with van der Waals surface area (Å²) in [5.74, 6) is 0. The van der Waals surface area contributed by atoms with Crippen molar-refractivity contribution in [3.05, 3.63) is 26.6 Å². The summed E-state index contributed by atoms with van der Waals surface area (Å²) < 4.78 is 2.49. The van der Waals surface area contributed by atoms with Gasteiger partial charge >= 0.3 is 0 Å². The van der Waals surface area contributed by atoms with Crippen molar-refractivity contribution in [3.8, 4) is 0 Å². The van der Waals surface area contributed by atoms with Gasteiger partial charge in [-0.05, 0) is 57.5 Å². The van der Waals surface area contributed by atoms with Gasteiger partial charge in [-0.25, -0.2) is 0 Å². The van der Waals surface area contributed by atoms with Gasteiger partial charge in [-0.1, -0.05) is 6.92 Å². The fraction of sp³-hybridized carbons (Fsp3) is 0.200. The molecule has 2 rings (SSSR count). The number of benzene rings is 1. The quantitative estimate of drug-likeness (QED) is 0.631. The Kier molecular flexibility index (Phi) is 2.47. The van der Waals surface area contributed by atoms with Crippen molar-refractivity contribution in [1.82, 2.24) is 0 Å². The van der Waals surface area contributed by atoms with E-state index < -0.39 is 0 Å². The third kappa shape index (κ3) is 1.55. The molecule has 0 unspecified atom stereocenters. The zero-order valence-corrected chi connectivity index (χ0v) is 10.3. The molecule has 2 aromatic rings. The Balaban J connectivity index is 2.77. The first-order chi connectivity index (χ1) is 6.22. The van der Waals surface area contributed by atoms with E-state index in [-0.39, 0.29) is 0 Å². The number of nitrogens with two attached hydrogens (primary N) is 1. The molecule has 3 heteroatoms. The molecule has 0 aliphatic rings. The Bertz CT molecular complexity index is 447. The number of halogens is 1. The lowest BCUT2D eigenvalue weighted by Gasteiger charge is -1.99. The molecule has 0 amide bonds. The minimum Gasteiger partial charge on any atom is -0.398 e. The Morgan fingerprint density at radius 1 is 1.46 bits per heavy atom. The van der Waals surface area contributed by atoms with E-state index in [1.54, 1.807) is 11.3 Å². The van der Waals surface area contributed by atoms with Gasteiger partial charge < -0.3 is 5.73 Å². The van der Waals surface area contributed by atoms with Crippen LogP contribution in [0.1, 0.15) is 12.5 Å². The van der Waals surface area contributed by atoms with E-state index in [0.717, 1.165) is 15.7 Å². The van der Waals surface area contributed by atoms with Crippen molar-refractivity contribution in [2.45, 2.75) is 13.3 Å². The van der Waals surface area contributed by atoms with Gasteiger partial charge in [0, 0.05) is 14.0 Å². The van der Waals surface area contributed by atoms with Crippen molar-refractivity contribution >= 4 is 49.7 Å². The zero-order valence-electron chi connectivity index (χ0n) is 7.30. The van der Waals surface area contributed by atoms with Gasteiger partial charge in [-0.15, -0.1) is 11.3 Å². The number of thiophene rings is 1. The van der Waals surface area contributed by atoms with Crippen LogP contribution >= 0.6 is 33.9 Å². The van der Waals surface area contributed by atoms with Gasteiger partial charge in [-0.2, -0.15) is 0 Å².